The summed E-state index contributed by atoms with van der Waals surface area (Å²) < 4.78 is 5.16. The third-order valence-corrected chi connectivity index (χ3v) is 1.63. The zero-order valence-electron chi connectivity index (χ0n) is 5.39. The molecule has 0 saturated carbocycles. The Kier molecular flexibility index (Phi) is 1.03. The van der Waals surface area contributed by atoms with E-state index in [9.17, 15) is 4.79 Å². The first-order valence-corrected chi connectivity index (χ1v) is 3.21. The van der Waals surface area contributed by atoms with Gasteiger partial charge in [0.25, 0.3) is 5.56 Å². The van der Waals surface area contributed by atoms with Crippen LogP contribution in [0, 0.1) is 0 Å². The molecule has 1 aromatic rings. The molecule has 3 nitrogen and oxygen atoms in total. The average Bonchev–Trinajstić information content (AvgIpc) is 2.36. The zero-order chi connectivity index (χ0) is 6.97. The van der Waals surface area contributed by atoms with E-state index >= 15 is 0 Å². The normalized spacial score (nSPS) is 14.4. The lowest BCUT2D eigenvalue weighted by molar-refractivity contribution is 0.356. The van der Waals surface area contributed by atoms with Crippen molar-refractivity contribution in [2.45, 2.75) is 6.42 Å². The number of nitrogens with one attached hydrogen (secondary N) is 1. The van der Waals surface area contributed by atoms with E-state index in [1.165, 1.54) is 0 Å². The molecule has 1 N–H and O–H groups in total. The molecule has 0 saturated heterocycles. The van der Waals surface area contributed by atoms with E-state index in [1.807, 2.05) is 0 Å². The minimum Gasteiger partial charge on any atom is -0.493 e. The molecular formula is C7H7NO2. The summed E-state index contributed by atoms with van der Waals surface area (Å²) in [7, 11) is 0. The summed E-state index contributed by atoms with van der Waals surface area (Å²) in [6.07, 6.45) is 2.35. The van der Waals surface area contributed by atoms with Crippen molar-refractivity contribution < 1.29 is 4.74 Å². The minimum absolute atomic E-state index is 0.0185. The van der Waals surface area contributed by atoms with E-state index in [0.29, 0.717) is 6.61 Å². The van der Waals surface area contributed by atoms with Crippen LogP contribution < -0.4 is 10.3 Å². The summed E-state index contributed by atoms with van der Waals surface area (Å²) in [6, 6.07) is 1.78. The second kappa shape index (κ2) is 1.87. The van der Waals surface area contributed by atoms with Gasteiger partial charge in [0.15, 0.2) is 0 Å². The molecule has 3 heteroatoms. The van der Waals surface area contributed by atoms with Crippen LogP contribution >= 0.6 is 0 Å². The van der Waals surface area contributed by atoms with Gasteiger partial charge in [-0.25, -0.2) is 0 Å². The van der Waals surface area contributed by atoms with Crippen LogP contribution in [0.5, 0.6) is 5.75 Å². The monoisotopic (exact) mass is 137 g/mol. The highest BCUT2D eigenvalue weighted by molar-refractivity contribution is 5.33. The summed E-state index contributed by atoms with van der Waals surface area (Å²) in [5.74, 6) is 0.740. The Morgan fingerprint density at radius 3 is 3.30 bits per heavy atom. The number of aromatic amines is 1. The van der Waals surface area contributed by atoms with E-state index in [4.69, 9.17) is 4.74 Å². The maximum atomic E-state index is 11.0. The fourth-order valence-corrected chi connectivity index (χ4v) is 1.13. The Hall–Kier alpha value is -1.25. The van der Waals surface area contributed by atoms with E-state index in [1.54, 1.807) is 12.3 Å². The van der Waals surface area contributed by atoms with E-state index in [0.717, 1.165) is 17.7 Å². The highest BCUT2D eigenvalue weighted by atomic mass is 16.5. The molecule has 0 radical (unpaired) electrons. The first-order chi connectivity index (χ1) is 4.88. The molecule has 0 aromatic carbocycles. The molecule has 2 rings (SSSR count). The van der Waals surface area contributed by atoms with Crippen molar-refractivity contribution in [1.82, 2.24) is 4.98 Å². The van der Waals surface area contributed by atoms with Crippen LogP contribution in [-0.2, 0) is 6.42 Å². The number of rotatable bonds is 0. The molecule has 1 aliphatic rings. The number of hydrogen-bond acceptors (Lipinski definition) is 2. The summed E-state index contributed by atoms with van der Waals surface area (Å²) in [5, 5.41) is 0. The van der Waals surface area contributed by atoms with Gasteiger partial charge >= 0.3 is 0 Å². The van der Waals surface area contributed by atoms with Crippen LogP contribution in [-0.4, -0.2) is 11.6 Å². The van der Waals surface area contributed by atoms with Gasteiger partial charge in [0, 0.05) is 12.6 Å². The lowest BCUT2D eigenvalue weighted by atomic mass is 10.2. The summed E-state index contributed by atoms with van der Waals surface area (Å²) in [4.78, 5) is 13.6. The Bertz CT molecular complexity index is 303. The van der Waals surface area contributed by atoms with Crippen LogP contribution in [0.25, 0.3) is 0 Å². The number of aromatic nitrogens is 1. The first kappa shape index (κ1) is 5.53. The zero-order valence-corrected chi connectivity index (χ0v) is 5.39. The highest BCUT2D eigenvalue weighted by Gasteiger charge is 2.13. The molecule has 1 aromatic heterocycles. The van der Waals surface area contributed by atoms with Crippen molar-refractivity contribution in [2.75, 3.05) is 6.61 Å². The van der Waals surface area contributed by atoms with Gasteiger partial charge in [0.1, 0.15) is 5.75 Å². The highest BCUT2D eigenvalue weighted by Crippen LogP contribution is 2.19. The molecule has 2 heterocycles. The number of H-pyrrole nitrogens is 1. The molecule has 0 amide bonds. The SMILES string of the molecule is O=c1[nH]ccc2c1CCO2. The van der Waals surface area contributed by atoms with Crippen LogP contribution in [0.3, 0.4) is 0 Å². The predicted octanol–water partition coefficient (Wildman–Crippen LogP) is 0.310. The summed E-state index contributed by atoms with van der Waals surface area (Å²) in [6.45, 7) is 0.641. The predicted molar refractivity (Wildman–Crippen MR) is 36.3 cm³/mol. The average molecular weight is 137 g/mol. The van der Waals surface area contributed by atoms with Crippen LogP contribution in [0.4, 0.5) is 0 Å². The molecule has 0 spiro atoms. The Morgan fingerprint density at radius 2 is 2.50 bits per heavy atom. The van der Waals surface area contributed by atoms with E-state index < -0.39 is 0 Å². The van der Waals surface area contributed by atoms with E-state index in [-0.39, 0.29) is 5.56 Å². The fraction of sp³-hybridized carbons (Fsp3) is 0.286. The van der Waals surface area contributed by atoms with Gasteiger partial charge in [-0.1, -0.05) is 0 Å². The van der Waals surface area contributed by atoms with Crippen LogP contribution in [0.15, 0.2) is 17.1 Å². The Labute approximate surface area is 57.7 Å². The van der Waals surface area contributed by atoms with Crippen molar-refractivity contribution in [2.24, 2.45) is 0 Å². The van der Waals surface area contributed by atoms with Crippen molar-refractivity contribution in [3.8, 4) is 5.75 Å². The quantitative estimate of drug-likeness (QED) is 0.559. The fourth-order valence-electron chi connectivity index (χ4n) is 1.13. The Morgan fingerprint density at radius 1 is 1.60 bits per heavy atom. The van der Waals surface area contributed by atoms with Gasteiger partial charge in [-0.05, 0) is 6.07 Å². The van der Waals surface area contributed by atoms with Crippen molar-refractivity contribution in [1.29, 1.82) is 0 Å². The second-order valence-electron chi connectivity index (χ2n) is 2.25. The van der Waals surface area contributed by atoms with Crippen molar-refractivity contribution in [3.05, 3.63) is 28.2 Å². The number of pyridine rings is 1. The third kappa shape index (κ3) is 0.635. The Balaban J connectivity index is 2.70. The first-order valence-electron chi connectivity index (χ1n) is 3.21. The standard InChI is InChI=1S/C7H7NO2/c9-7-5-2-4-10-6(5)1-3-8-7/h1,3H,2,4H2,(H,8,9). The van der Waals surface area contributed by atoms with Gasteiger partial charge in [0.2, 0.25) is 0 Å². The van der Waals surface area contributed by atoms with Crippen molar-refractivity contribution >= 4 is 0 Å². The lowest BCUT2D eigenvalue weighted by Crippen LogP contribution is -2.08. The van der Waals surface area contributed by atoms with Gasteiger partial charge in [-0.15, -0.1) is 0 Å². The largest absolute Gasteiger partial charge is 0.493 e. The molecular weight excluding hydrogens is 130 g/mol. The molecule has 1 aliphatic heterocycles. The maximum Gasteiger partial charge on any atom is 0.254 e. The number of hydrogen-bond donors (Lipinski definition) is 1. The lowest BCUT2D eigenvalue weighted by Gasteiger charge is -1.93. The molecule has 0 atom stereocenters. The van der Waals surface area contributed by atoms with Crippen molar-refractivity contribution in [3.63, 3.8) is 0 Å². The maximum absolute atomic E-state index is 11.0. The van der Waals surface area contributed by atoms with Crippen LogP contribution in [0.1, 0.15) is 5.56 Å². The summed E-state index contributed by atoms with van der Waals surface area (Å²) in [5.41, 5.74) is 0.762. The van der Waals surface area contributed by atoms with E-state index in [2.05, 4.69) is 4.98 Å². The topological polar surface area (TPSA) is 42.1 Å². The molecule has 0 bridgehead atoms. The smallest absolute Gasteiger partial charge is 0.254 e. The molecule has 0 fully saturated rings. The van der Waals surface area contributed by atoms with Crippen LogP contribution in [0.2, 0.25) is 0 Å². The van der Waals surface area contributed by atoms with Gasteiger partial charge in [0.05, 0.1) is 12.2 Å². The number of fused-ring (bicyclic) bond motifs is 1. The molecule has 0 unspecified atom stereocenters. The minimum atomic E-state index is -0.0185. The van der Waals surface area contributed by atoms with Gasteiger partial charge < -0.3 is 9.72 Å². The second-order valence-corrected chi connectivity index (χ2v) is 2.25. The molecule has 10 heavy (non-hydrogen) atoms. The van der Waals surface area contributed by atoms with Gasteiger partial charge in [-0.3, -0.25) is 4.79 Å². The van der Waals surface area contributed by atoms with Gasteiger partial charge in [-0.2, -0.15) is 0 Å². The third-order valence-electron chi connectivity index (χ3n) is 1.63. The summed E-state index contributed by atoms with van der Waals surface area (Å²) >= 11 is 0. The molecule has 52 valence electrons. The molecule has 0 aliphatic carbocycles. The number of ether oxygens (including phenoxy) is 1.